The summed E-state index contributed by atoms with van der Waals surface area (Å²) in [5, 5.41) is 0. The van der Waals surface area contributed by atoms with Gasteiger partial charge in [0.2, 0.25) is 0 Å². The molecule has 5 heteroatoms. The molecule has 5 nitrogen and oxygen atoms in total. The lowest BCUT2D eigenvalue weighted by Crippen LogP contribution is -2.48. The maximum atomic E-state index is 12.7. The number of rotatable bonds is 2. The van der Waals surface area contributed by atoms with Crippen molar-refractivity contribution < 1.29 is 14.4 Å². The second-order valence-electron chi connectivity index (χ2n) is 6.92. The molecule has 0 bridgehead atoms. The zero-order valence-electron chi connectivity index (χ0n) is 14.6. The molecule has 2 aliphatic heterocycles. The average Bonchev–Trinajstić information content (AvgIpc) is 2.92. The van der Waals surface area contributed by atoms with Gasteiger partial charge in [-0.1, -0.05) is 29.8 Å². The van der Waals surface area contributed by atoms with Gasteiger partial charge < -0.3 is 4.90 Å². The number of carbonyl (C=O) groups excluding carboxylic acids is 3. The summed E-state index contributed by atoms with van der Waals surface area (Å²) < 4.78 is 0. The lowest BCUT2D eigenvalue weighted by Gasteiger charge is -2.35. The maximum Gasteiger partial charge on any atom is 0.261 e. The first-order valence-corrected chi connectivity index (χ1v) is 8.89. The molecular formula is C21H20N2O3. The van der Waals surface area contributed by atoms with Crippen LogP contribution in [-0.2, 0) is 0 Å². The lowest BCUT2D eigenvalue weighted by molar-refractivity contribution is 0.0479. The summed E-state index contributed by atoms with van der Waals surface area (Å²) in [6.45, 7) is 3.06. The van der Waals surface area contributed by atoms with Crippen molar-refractivity contribution in [3.05, 3.63) is 70.8 Å². The van der Waals surface area contributed by atoms with Crippen molar-refractivity contribution in [3.8, 4) is 0 Å². The summed E-state index contributed by atoms with van der Waals surface area (Å²) in [6.07, 6.45) is 1.23. The normalized spacial score (nSPS) is 17.6. The van der Waals surface area contributed by atoms with Crippen molar-refractivity contribution in [2.24, 2.45) is 0 Å². The topological polar surface area (TPSA) is 57.7 Å². The van der Waals surface area contributed by atoms with Crippen LogP contribution in [0.4, 0.5) is 0 Å². The van der Waals surface area contributed by atoms with E-state index in [1.807, 2.05) is 36.1 Å². The Morgan fingerprint density at radius 3 is 2.12 bits per heavy atom. The van der Waals surface area contributed by atoms with Crippen LogP contribution in [0.1, 0.15) is 49.5 Å². The Kier molecular flexibility index (Phi) is 4.07. The van der Waals surface area contributed by atoms with Gasteiger partial charge in [0.1, 0.15) is 0 Å². The molecule has 4 rings (SSSR count). The number of imide groups is 1. The number of carbonyl (C=O) groups is 3. The Hall–Kier alpha value is -2.95. The van der Waals surface area contributed by atoms with Crippen molar-refractivity contribution in [3.63, 3.8) is 0 Å². The third-order valence-electron chi connectivity index (χ3n) is 5.21. The first-order valence-electron chi connectivity index (χ1n) is 8.89. The molecule has 2 aromatic carbocycles. The molecule has 0 unspecified atom stereocenters. The third kappa shape index (κ3) is 2.69. The van der Waals surface area contributed by atoms with Crippen LogP contribution in [-0.4, -0.2) is 46.7 Å². The highest BCUT2D eigenvalue weighted by Crippen LogP contribution is 2.28. The van der Waals surface area contributed by atoms with Gasteiger partial charge >= 0.3 is 0 Å². The van der Waals surface area contributed by atoms with E-state index in [4.69, 9.17) is 0 Å². The predicted molar refractivity (Wildman–Crippen MR) is 97.0 cm³/mol. The van der Waals surface area contributed by atoms with Gasteiger partial charge in [-0.25, -0.2) is 0 Å². The molecule has 0 aromatic heterocycles. The molecule has 0 radical (unpaired) electrons. The summed E-state index contributed by atoms with van der Waals surface area (Å²) in [6, 6.07) is 14.4. The second-order valence-corrected chi connectivity index (χ2v) is 6.92. The quantitative estimate of drug-likeness (QED) is 0.784. The lowest BCUT2D eigenvalue weighted by atomic mass is 10.0. The smallest absolute Gasteiger partial charge is 0.261 e. The summed E-state index contributed by atoms with van der Waals surface area (Å²) in [5.74, 6) is -0.419. The number of nitrogens with zero attached hydrogens (tertiary/aromatic N) is 2. The number of amides is 3. The number of hydrogen-bond donors (Lipinski definition) is 0. The number of fused-ring (bicyclic) bond motifs is 1. The van der Waals surface area contributed by atoms with Crippen LogP contribution >= 0.6 is 0 Å². The van der Waals surface area contributed by atoms with E-state index in [0.717, 1.165) is 5.56 Å². The molecule has 1 fully saturated rings. The number of likely N-dealkylation sites (tertiary alicyclic amines) is 1. The van der Waals surface area contributed by atoms with Crippen LogP contribution in [0.25, 0.3) is 0 Å². The molecule has 0 saturated carbocycles. The highest BCUT2D eigenvalue weighted by molar-refractivity contribution is 6.21. The van der Waals surface area contributed by atoms with Crippen LogP contribution in [0.3, 0.4) is 0 Å². The van der Waals surface area contributed by atoms with Crippen LogP contribution in [0.5, 0.6) is 0 Å². The van der Waals surface area contributed by atoms with Crippen molar-refractivity contribution >= 4 is 17.7 Å². The average molecular weight is 348 g/mol. The largest absolute Gasteiger partial charge is 0.338 e. The van der Waals surface area contributed by atoms with Crippen LogP contribution in [0.2, 0.25) is 0 Å². The highest BCUT2D eigenvalue weighted by Gasteiger charge is 2.41. The Labute approximate surface area is 152 Å². The van der Waals surface area contributed by atoms with Gasteiger partial charge in [0.15, 0.2) is 0 Å². The summed E-state index contributed by atoms with van der Waals surface area (Å²) in [5.41, 5.74) is 2.70. The Bertz CT molecular complexity index is 863. The molecule has 2 heterocycles. The van der Waals surface area contributed by atoms with Crippen LogP contribution in [0, 0.1) is 6.92 Å². The number of aryl methyl sites for hydroxylation is 1. The van der Waals surface area contributed by atoms with E-state index in [0.29, 0.717) is 42.6 Å². The van der Waals surface area contributed by atoms with E-state index in [1.165, 1.54) is 4.90 Å². The SMILES string of the molecule is Cc1cccc(C(=O)N2CCC(N3C(=O)c4ccccc4C3=O)CC2)c1. The molecule has 2 aromatic rings. The molecule has 3 amide bonds. The fourth-order valence-electron chi connectivity index (χ4n) is 3.83. The zero-order valence-corrected chi connectivity index (χ0v) is 14.6. The molecule has 0 atom stereocenters. The Balaban J connectivity index is 1.45. The molecule has 132 valence electrons. The van der Waals surface area contributed by atoms with Gasteiger partial charge in [-0.05, 0) is 44.0 Å². The van der Waals surface area contributed by atoms with Crippen molar-refractivity contribution in [2.75, 3.05) is 13.1 Å². The van der Waals surface area contributed by atoms with Gasteiger partial charge in [-0.2, -0.15) is 0 Å². The summed E-state index contributed by atoms with van der Waals surface area (Å²) in [7, 11) is 0. The summed E-state index contributed by atoms with van der Waals surface area (Å²) in [4.78, 5) is 41.1. The minimum atomic E-state index is -0.214. The Morgan fingerprint density at radius 2 is 1.54 bits per heavy atom. The maximum absolute atomic E-state index is 12.7. The standard InChI is InChI=1S/C21H20N2O3/c1-14-5-4-6-15(13-14)19(24)22-11-9-16(10-12-22)23-20(25)17-7-2-3-8-18(17)21(23)26/h2-8,13,16H,9-12H2,1H3. The number of piperidine rings is 1. The van der Waals surface area contributed by atoms with Gasteiger partial charge in [-0.15, -0.1) is 0 Å². The predicted octanol–water partition coefficient (Wildman–Crippen LogP) is 2.90. The zero-order chi connectivity index (χ0) is 18.3. The minimum absolute atomic E-state index is 0.00881. The number of benzene rings is 2. The van der Waals surface area contributed by atoms with E-state index in [-0.39, 0.29) is 23.8 Å². The minimum Gasteiger partial charge on any atom is -0.338 e. The molecule has 0 spiro atoms. The molecule has 0 aliphatic carbocycles. The van der Waals surface area contributed by atoms with Gasteiger partial charge in [0.25, 0.3) is 17.7 Å². The van der Waals surface area contributed by atoms with Crippen LogP contribution in [0.15, 0.2) is 48.5 Å². The molecule has 26 heavy (non-hydrogen) atoms. The molecule has 0 N–H and O–H groups in total. The molecule has 1 saturated heterocycles. The second kappa shape index (κ2) is 6.41. The summed E-state index contributed by atoms with van der Waals surface area (Å²) >= 11 is 0. The van der Waals surface area contributed by atoms with E-state index in [1.54, 1.807) is 24.3 Å². The van der Waals surface area contributed by atoms with E-state index in [9.17, 15) is 14.4 Å². The van der Waals surface area contributed by atoms with Crippen molar-refractivity contribution in [1.82, 2.24) is 9.80 Å². The number of hydrogen-bond acceptors (Lipinski definition) is 3. The molecule has 2 aliphatic rings. The Morgan fingerprint density at radius 1 is 0.923 bits per heavy atom. The van der Waals surface area contributed by atoms with Crippen LogP contribution < -0.4 is 0 Å². The van der Waals surface area contributed by atoms with Gasteiger partial charge in [0.05, 0.1) is 11.1 Å². The van der Waals surface area contributed by atoms with Gasteiger partial charge in [-0.3, -0.25) is 19.3 Å². The van der Waals surface area contributed by atoms with Crippen molar-refractivity contribution in [2.45, 2.75) is 25.8 Å². The first kappa shape index (κ1) is 16.5. The third-order valence-corrected chi connectivity index (χ3v) is 5.21. The van der Waals surface area contributed by atoms with E-state index >= 15 is 0 Å². The molecular weight excluding hydrogens is 328 g/mol. The monoisotopic (exact) mass is 348 g/mol. The van der Waals surface area contributed by atoms with Crippen molar-refractivity contribution in [1.29, 1.82) is 0 Å². The highest BCUT2D eigenvalue weighted by atomic mass is 16.2. The van der Waals surface area contributed by atoms with E-state index < -0.39 is 0 Å². The van der Waals surface area contributed by atoms with E-state index in [2.05, 4.69) is 0 Å². The van der Waals surface area contributed by atoms with Gasteiger partial charge in [0, 0.05) is 24.7 Å². The first-order chi connectivity index (χ1) is 12.6. The fourth-order valence-corrected chi connectivity index (χ4v) is 3.83. The fraction of sp³-hybridized carbons (Fsp3) is 0.286.